The molecular weight excluding hydrogens is 230 g/mol. The van der Waals surface area contributed by atoms with E-state index >= 15 is 0 Å². The maximum absolute atomic E-state index is 11.0. The molecule has 1 atom stereocenters. The lowest BCUT2D eigenvalue weighted by atomic mass is 10.1. The predicted molar refractivity (Wildman–Crippen MR) is 57.2 cm³/mol. The summed E-state index contributed by atoms with van der Waals surface area (Å²) >= 11 is 0. The largest absolute Gasteiger partial charge is 0.376 e. The molecule has 1 aliphatic heterocycles. The number of aromatic nitrogens is 2. The fourth-order valence-corrected chi connectivity index (χ4v) is 2.21. The van der Waals surface area contributed by atoms with Gasteiger partial charge >= 0.3 is 0 Å². The first-order chi connectivity index (χ1) is 7.55. The molecule has 1 fully saturated rings. The van der Waals surface area contributed by atoms with Gasteiger partial charge in [-0.3, -0.25) is 4.68 Å². The van der Waals surface area contributed by atoms with Gasteiger partial charge in [-0.1, -0.05) is 0 Å². The molecule has 1 saturated heterocycles. The SMILES string of the molecule is NS(=O)(=O)c1cnn(CC2CCCCO2)c1. The third kappa shape index (κ3) is 2.81. The summed E-state index contributed by atoms with van der Waals surface area (Å²) in [4.78, 5) is 0.0447. The van der Waals surface area contributed by atoms with Gasteiger partial charge in [-0.2, -0.15) is 5.10 Å². The zero-order valence-electron chi connectivity index (χ0n) is 8.87. The summed E-state index contributed by atoms with van der Waals surface area (Å²) in [5.41, 5.74) is 0. The molecule has 1 unspecified atom stereocenters. The Morgan fingerprint density at radius 2 is 2.38 bits per heavy atom. The van der Waals surface area contributed by atoms with Crippen LogP contribution in [0.15, 0.2) is 17.3 Å². The summed E-state index contributed by atoms with van der Waals surface area (Å²) in [5, 5.41) is 8.95. The van der Waals surface area contributed by atoms with Crippen LogP contribution in [0.3, 0.4) is 0 Å². The number of hydrogen-bond acceptors (Lipinski definition) is 4. The minimum absolute atomic E-state index is 0.0447. The average molecular weight is 245 g/mol. The topological polar surface area (TPSA) is 87.2 Å². The Morgan fingerprint density at radius 3 is 2.94 bits per heavy atom. The third-order valence-corrected chi connectivity index (χ3v) is 3.47. The predicted octanol–water partition coefficient (Wildman–Crippen LogP) is 0.0996. The molecule has 0 radical (unpaired) electrons. The van der Waals surface area contributed by atoms with Gasteiger partial charge in [-0.05, 0) is 19.3 Å². The van der Waals surface area contributed by atoms with Crippen molar-refractivity contribution in [1.29, 1.82) is 0 Å². The Morgan fingerprint density at radius 1 is 1.56 bits per heavy atom. The molecule has 2 rings (SSSR count). The van der Waals surface area contributed by atoms with Gasteiger partial charge in [0.15, 0.2) is 0 Å². The van der Waals surface area contributed by atoms with Crippen molar-refractivity contribution >= 4 is 10.0 Å². The van der Waals surface area contributed by atoms with Crippen molar-refractivity contribution in [3.8, 4) is 0 Å². The van der Waals surface area contributed by atoms with E-state index in [2.05, 4.69) is 5.10 Å². The first kappa shape index (κ1) is 11.6. The number of nitrogens with two attached hydrogens (primary N) is 1. The van der Waals surface area contributed by atoms with E-state index in [1.54, 1.807) is 4.68 Å². The van der Waals surface area contributed by atoms with E-state index in [1.807, 2.05) is 0 Å². The fraction of sp³-hybridized carbons (Fsp3) is 0.667. The number of rotatable bonds is 3. The minimum atomic E-state index is -3.65. The van der Waals surface area contributed by atoms with Gasteiger partial charge in [-0.15, -0.1) is 0 Å². The Balaban J connectivity index is 2.02. The number of ether oxygens (including phenoxy) is 1. The summed E-state index contributed by atoms with van der Waals surface area (Å²) in [6.45, 7) is 1.35. The fourth-order valence-electron chi connectivity index (χ4n) is 1.75. The number of sulfonamides is 1. The van der Waals surface area contributed by atoms with Crippen molar-refractivity contribution in [2.24, 2.45) is 5.14 Å². The minimum Gasteiger partial charge on any atom is -0.376 e. The van der Waals surface area contributed by atoms with Crippen LogP contribution in [0, 0.1) is 0 Å². The molecule has 1 aromatic rings. The zero-order valence-corrected chi connectivity index (χ0v) is 9.69. The summed E-state index contributed by atoms with van der Waals surface area (Å²) in [6.07, 6.45) is 6.06. The molecule has 7 heteroatoms. The first-order valence-corrected chi connectivity index (χ1v) is 6.77. The van der Waals surface area contributed by atoms with Gasteiger partial charge in [0, 0.05) is 12.8 Å². The van der Waals surface area contributed by atoms with Crippen LogP contribution < -0.4 is 5.14 Å². The Bertz CT molecular complexity index is 448. The highest BCUT2D eigenvalue weighted by molar-refractivity contribution is 7.89. The Kier molecular flexibility index (Phi) is 3.27. The van der Waals surface area contributed by atoms with E-state index in [0.29, 0.717) is 6.54 Å². The quantitative estimate of drug-likeness (QED) is 0.818. The highest BCUT2D eigenvalue weighted by Crippen LogP contribution is 2.14. The summed E-state index contributed by atoms with van der Waals surface area (Å²) < 4.78 is 29.2. The number of nitrogens with zero attached hydrogens (tertiary/aromatic N) is 2. The highest BCUT2D eigenvalue weighted by Gasteiger charge is 2.16. The summed E-state index contributed by atoms with van der Waals surface area (Å²) in [5.74, 6) is 0. The van der Waals surface area contributed by atoms with Crippen LogP contribution in [0.1, 0.15) is 19.3 Å². The van der Waals surface area contributed by atoms with E-state index in [9.17, 15) is 8.42 Å². The maximum Gasteiger partial charge on any atom is 0.241 e. The van der Waals surface area contributed by atoms with Gasteiger partial charge in [0.05, 0.1) is 18.8 Å². The molecule has 0 aliphatic carbocycles. The third-order valence-electron chi connectivity index (χ3n) is 2.60. The van der Waals surface area contributed by atoms with Gasteiger partial charge in [0.1, 0.15) is 4.90 Å². The summed E-state index contributed by atoms with van der Waals surface area (Å²) in [6, 6.07) is 0. The molecule has 0 spiro atoms. The lowest BCUT2D eigenvalue weighted by Gasteiger charge is -2.22. The average Bonchev–Trinajstić information content (AvgIpc) is 2.67. The van der Waals surface area contributed by atoms with Crippen LogP contribution in [0.4, 0.5) is 0 Å². The normalized spacial score (nSPS) is 22.2. The lowest BCUT2D eigenvalue weighted by molar-refractivity contribution is 0.00395. The van der Waals surface area contributed by atoms with Crippen molar-refractivity contribution in [2.45, 2.75) is 36.8 Å². The molecule has 90 valence electrons. The van der Waals surface area contributed by atoms with Gasteiger partial charge < -0.3 is 4.74 Å². The van der Waals surface area contributed by atoms with Gasteiger partial charge in [0.2, 0.25) is 10.0 Å². The van der Waals surface area contributed by atoms with Crippen molar-refractivity contribution in [2.75, 3.05) is 6.61 Å². The lowest BCUT2D eigenvalue weighted by Crippen LogP contribution is -2.24. The monoisotopic (exact) mass is 245 g/mol. The molecule has 0 bridgehead atoms. The zero-order chi connectivity index (χ0) is 11.6. The van der Waals surface area contributed by atoms with Crippen molar-refractivity contribution in [3.05, 3.63) is 12.4 Å². The van der Waals surface area contributed by atoms with Crippen LogP contribution >= 0.6 is 0 Å². The van der Waals surface area contributed by atoms with Gasteiger partial charge in [-0.25, -0.2) is 13.6 Å². The molecule has 2 N–H and O–H groups in total. The van der Waals surface area contributed by atoms with E-state index in [-0.39, 0.29) is 11.0 Å². The second kappa shape index (κ2) is 4.52. The standard InChI is InChI=1S/C9H15N3O3S/c10-16(13,14)9-5-11-12(7-9)6-8-3-1-2-4-15-8/h5,7-8H,1-4,6H2,(H2,10,13,14). The van der Waals surface area contributed by atoms with Crippen molar-refractivity contribution < 1.29 is 13.2 Å². The Hall–Kier alpha value is -0.920. The van der Waals surface area contributed by atoms with Crippen LogP contribution in [-0.4, -0.2) is 30.9 Å². The van der Waals surface area contributed by atoms with Crippen molar-refractivity contribution in [3.63, 3.8) is 0 Å². The second-order valence-electron chi connectivity index (χ2n) is 3.93. The second-order valence-corrected chi connectivity index (χ2v) is 5.49. The molecule has 0 amide bonds. The molecule has 16 heavy (non-hydrogen) atoms. The number of hydrogen-bond donors (Lipinski definition) is 1. The molecule has 2 heterocycles. The van der Waals surface area contributed by atoms with Crippen LogP contribution in [0.5, 0.6) is 0 Å². The molecule has 0 aromatic carbocycles. The highest BCUT2D eigenvalue weighted by atomic mass is 32.2. The maximum atomic E-state index is 11.0. The first-order valence-electron chi connectivity index (χ1n) is 5.22. The smallest absolute Gasteiger partial charge is 0.241 e. The van der Waals surface area contributed by atoms with Crippen LogP contribution in [0.2, 0.25) is 0 Å². The molecular formula is C9H15N3O3S. The van der Waals surface area contributed by atoms with E-state index in [0.717, 1.165) is 25.9 Å². The van der Waals surface area contributed by atoms with Crippen LogP contribution in [0.25, 0.3) is 0 Å². The van der Waals surface area contributed by atoms with Crippen LogP contribution in [-0.2, 0) is 21.3 Å². The van der Waals surface area contributed by atoms with E-state index in [4.69, 9.17) is 9.88 Å². The Labute approximate surface area is 94.4 Å². The molecule has 1 aliphatic rings. The van der Waals surface area contributed by atoms with Gasteiger partial charge in [0.25, 0.3) is 0 Å². The summed E-state index contributed by atoms with van der Waals surface area (Å²) in [7, 11) is -3.65. The molecule has 1 aromatic heterocycles. The molecule has 0 saturated carbocycles. The number of primary sulfonamides is 1. The molecule has 6 nitrogen and oxygen atoms in total. The van der Waals surface area contributed by atoms with Crippen molar-refractivity contribution in [1.82, 2.24) is 9.78 Å². The van der Waals surface area contributed by atoms with E-state index in [1.165, 1.54) is 12.4 Å². The van der Waals surface area contributed by atoms with E-state index < -0.39 is 10.0 Å².